The molecule has 0 bridgehead atoms. The molecule has 0 spiro atoms. The largest absolute Gasteiger partial charge is 0.192 e. The molecular formula is C15H8BrCl2N. The van der Waals surface area contributed by atoms with Gasteiger partial charge in [-0.25, -0.2) is 0 Å². The first-order chi connectivity index (χ1) is 9.11. The lowest BCUT2D eigenvalue weighted by Crippen LogP contribution is -1.86. The lowest BCUT2D eigenvalue weighted by atomic mass is 10.0. The summed E-state index contributed by atoms with van der Waals surface area (Å²) < 4.78 is 0.985. The minimum atomic E-state index is 0.443. The summed E-state index contributed by atoms with van der Waals surface area (Å²) in [4.78, 5) is 0. The fourth-order valence-electron chi connectivity index (χ4n) is 1.64. The van der Waals surface area contributed by atoms with E-state index in [-0.39, 0.29) is 0 Å². The third-order valence-corrected chi connectivity index (χ3v) is 3.69. The minimum absolute atomic E-state index is 0.443. The number of halogens is 3. The molecule has 19 heavy (non-hydrogen) atoms. The predicted octanol–water partition coefficient (Wildman–Crippen LogP) is 5.82. The van der Waals surface area contributed by atoms with Gasteiger partial charge in [0.15, 0.2) is 0 Å². The molecule has 0 N–H and O–H groups in total. The van der Waals surface area contributed by atoms with E-state index in [4.69, 9.17) is 23.2 Å². The standard InChI is InChI=1S/C15H8BrCl2N/c16-12-6-4-10(5-7-12)8-11(9-19)15-13(17)2-1-3-14(15)18/h1-8H. The summed E-state index contributed by atoms with van der Waals surface area (Å²) in [6.07, 6.45) is 1.76. The van der Waals surface area contributed by atoms with Crippen molar-refractivity contribution in [1.29, 1.82) is 5.26 Å². The zero-order chi connectivity index (χ0) is 13.8. The SMILES string of the molecule is N#CC(=Cc1ccc(Br)cc1)c1c(Cl)cccc1Cl. The molecule has 0 amide bonds. The summed E-state index contributed by atoms with van der Waals surface area (Å²) in [7, 11) is 0. The maximum absolute atomic E-state index is 9.30. The van der Waals surface area contributed by atoms with Crippen molar-refractivity contribution in [1.82, 2.24) is 0 Å². The Morgan fingerprint density at radius 3 is 2.16 bits per heavy atom. The van der Waals surface area contributed by atoms with E-state index >= 15 is 0 Å². The van der Waals surface area contributed by atoms with Crippen LogP contribution in [0.4, 0.5) is 0 Å². The van der Waals surface area contributed by atoms with Gasteiger partial charge >= 0.3 is 0 Å². The molecule has 0 aliphatic rings. The highest BCUT2D eigenvalue weighted by Crippen LogP contribution is 2.31. The van der Waals surface area contributed by atoms with Crippen LogP contribution in [-0.2, 0) is 0 Å². The van der Waals surface area contributed by atoms with Gasteiger partial charge in [-0.1, -0.05) is 57.3 Å². The lowest BCUT2D eigenvalue weighted by Gasteiger charge is -2.05. The summed E-state index contributed by atoms with van der Waals surface area (Å²) >= 11 is 15.6. The molecule has 94 valence electrons. The summed E-state index contributed by atoms with van der Waals surface area (Å²) in [6.45, 7) is 0. The van der Waals surface area contributed by atoms with Crippen LogP contribution < -0.4 is 0 Å². The molecule has 2 rings (SSSR count). The van der Waals surface area contributed by atoms with Crippen molar-refractivity contribution in [2.24, 2.45) is 0 Å². The Hall–Kier alpha value is -1.27. The van der Waals surface area contributed by atoms with Crippen LogP contribution in [-0.4, -0.2) is 0 Å². The van der Waals surface area contributed by atoms with E-state index in [9.17, 15) is 5.26 Å². The molecule has 0 heterocycles. The van der Waals surface area contributed by atoms with Gasteiger partial charge in [-0.05, 0) is 35.9 Å². The average molecular weight is 353 g/mol. The van der Waals surface area contributed by atoms with Crippen molar-refractivity contribution < 1.29 is 0 Å². The molecule has 4 heteroatoms. The highest BCUT2D eigenvalue weighted by Gasteiger charge is 2.10. The van der Waals surface area contributed by atoms with Gasteiger partial charge in [-0.2, -0.15) is 5.26 Å². The van der Waals surface area contributed by atoms with Crippen LogP contribution >= 0.6 is 39.1 Å². The molecule has 0 saturated heterocycles. The molecule has 1 nitrogen and oxygen atoms in total. The Bertz CT molecular complexity index is 649. The second kappa shape index (κ2) is 6.25. The number of allylic oxidation sites excluding steroid dienone is 1. The smallest absolute Gasteiger partial charge is 0.0999 e. The molecular weight excluding hydrogens is 345 g/mol. The van der Waals surface area contributed by atoms with Crippen LogP contribution in [0.5, 0.6) is 0 Å². The summed E-state index contributed by atoms with van der Waals surface area (Å²) in [5.74, 6) is 0. The quantitative estimate of drug-likeness (QED) is 0.493. The van der Waals surface area contributed by atoms with E-state index in [0.717, 1.165) is 10.0 Å². The first-order valence-corrected chi connectivity index (χ1v) is 6.98. The fraction of sp³-hybridized carbons (Fsp3) is 0. The Morgan fingerprint density at radius 2 is 1.63 bits per heavy atom. The van der Waals surface area contributed by atoms with E-state index in [1.54, 1.807) is 24.3 Å². The van der Waals surface area contributed by atoms with Crippen LogP contribution in [0.1, 0.15) is 11.1 Å². The number of rotatable bonds is 2. The molecule has 0 aliphatic heterocycles. The van der Waals surface area contributed by atoms with E-state index in [0.29, 0.717) is 21.2 Å². The zero-order valence-corrected chi connectivity index (χ0v) is 12.8. The van der Waals surface area contributed by atoms with Gasteiger partial charge in [0, 0.05) is 10.0 Å². The molecule has 0 aromatic heterocycles. The van der Waals surface area contributed by atoms with Gasteiger partial charge in [-0.3, -0.25) is 0 Å². The minimum Gasteiger partial charge on any atom is -0.192 e. The zero-order valence-electron chi connectivity index (χ0n) is 9.70. The van der Waals surface area contributed by atoms with Crippen molar-refractivity contribution in [3.05, 3.63) is 68.1 Å². The highest BCUT2D eigenvalue weighted by molar-refractivity contribution is 9.10. The first kappa shape index (κ1) is 14.1. The van der Waals surface area contributed by atoms with Gasteiger partial charge in [0.25, 0.3) is 0 Å². The van der Waals surface area contributed by atoms with E-state index in [1.807, 2.05) is 24.3 Å². The predicted molar refractivity (Wildman–Crippen MR) is 84.1 cm³/mol. The first-order valence-electron chi connectivity index (χ1n) is 5.43. The van der Waals surface area contributed by atoms with E-state index < -0.39 is 0 Å². The number of nitrogens with zero attached hydrogens (tertiary/aromatic N) is 1. The highest BCUT2D eigenvalue weighted by atomic mass is 79.9. The second-order valence-electron chi connectivity index (χ2n) is 3.82. The Kier molecular flexibility index (Phi) is 4.66. The Balaban J connectivity index is 2.52. The normalized spacial score (nSPS) is 11.2. The van der Waals surface area contributed by atoms with Gasteiger partial charge < -0.3 is 0 Å². The molecule has 0 unspecified atom stereocenters. The third-order valence-electron chi connectivity index (χ3n) is 2.53. The van der Waals surface area contributed by atoms with Crippen molar-refractivity contribution in [2.45, 2.75) is 0 Å². The number of hydrogen-bond donors (Lipinski definition) is 0. The number of nitriles is 1. The maximum atomic E-state index is 9.30. The molecule has 0 radical (unpaired) electrons. The monoisotopic (exact) mass is 351 g/mol. The topological polar surface area (TPSA) is 23.8 Å². The van der Waals surface area contributed by atoms with Gasteiger partial charge in [-0.15, -0.1) is 0 Å². The van der Waals surface area contributed by atoms with Crippen LogP contribution in [0.25, 0.3) is 11.6 Å². The Morgan fingerprint density at radius 1 is 1.05 bits per heavy atom. The van der Waals surface area contributed by atoms with Crippen LogP contribution in [0.2, 0.25) is 10.0 Å². The van der Waals surface area contributed by atoms with Crippen LogP contribution in [0, 0.1) is 11.3 Å². The molecule has 0 saturated carbocycles. The fourth-order valence-corrected chi connectivity index (χ4v) is 2.51. The molecule has 0 atom stereocenters. The summed E-state index contributed by atoms with van der Waals surface area (Å²) in [5.41, 5.74) is 1.92. The second-order valence-corrected chi connectivity index (χ2v) is 5.55. The van der Waals surface area contributed by atoms with Crippen molar-refractivity contribution >= 4 is 50.8 Å². The lowest BCUT2D eigenvalue weighted by molar-refractivity contribution is 1.52. The molecule has 0 aliphatic carbocycles. The van der Waals surface area contributed by atoms with Crippen LogP contribution in [0.15, 0.2) is 46.9 Å². The van der Waals surface area contributed by atoms with Crippen molar-refractivity contribution in [3.63, 3.8) is 0 Å². The summed E-state index contributed by atoms with van der Waals surface area (Å²) in [6, 6.07) is 15.0. The van der Waals surface area contributed by atoms with Gasteiger partial charge in [0.2, 0.25) is 0 Å². The van der Waals surface area contributed by atoms with E-state index in [1.165, 1.54) is 0 Å². The molecule has 2 aromatic carbocycles. The summed E-state index contributed by atoms with van der Waals surface area (Å²) in [5, 5.41) is 10.2. The van der Waals surface area contributed by atoms with E-state index in [2.05, 4.69) is 22.0 Å². The van der Waals surface area contributed by atoms with Crippen molar-refractivity contribution in [2.75, 3.05) is 0 Å². The molecule has 0 fully saturated rings. The van der Waals surface area contributed by atoms with Crippen LogP contribution in [0.3, 0.4) is 0 Å². The van der Waals surface area contributed by atoms with Gasteiger partial charge in [0.1, 0.15) is 0 Å². The number of benzene rings is 2. The third kappa shape index (κ3) is 3.39. The average Bonchev–Trinajstić information content (AvgIpc) is 2.39. The van der Waals surface area contributed by atoms with Gasteiger partial charge in [0.05, 0.1) is 21.7 Å². The van der Waals surface area contributed by atoms with Crippen molar-refractivity contribution in [3.8, 4) is 6.07 Å². The Labute approximate surface area is 130 Å². The number of hydrogen-bond acceptors (Lipinski definition) is 1. The molecule has 2 aromatic rings. The maximum Gasteiger partial charge on any atom is 0.0999 e.